The summed E-state index contributed by atoms with van der Waals surface area (Å²) in [4.78, 5) is 10.7. The zero-order valence-electron chi connectivity index (χ0n) is 15.6. The molecule has 3 rings (SSSR count). The lowest BCUT2D eigenvalue weighted by Crippen LogP contribution is -2.09. The fraction of sp³-hybridized carbons (Fsp3) is 0.125. The molecule has 0 aliphatic rings. The van der Waals surface area contributed by atoms with E-state index in [1.54, 1.807) is 12.1 Å². The van der Waals surface area contributed by atoms with Gasteiger partial charge < -0.3 is 9.84 Å². The highest BCUT2D eigenvalue weighted by atomic mass is 35.5. The number of carbonyl (C=O) groups is 1. The maximum atomic E-state index is 10.7. The standard InChI is InChI=1S/C24H20Cl2O3/c25-15-14-22(17-4-2-1-3-5-17)24(18-6-10-20(26)11-7-18)19-8-12-21(13-9-19)29-16-23(27)28/h1-13H,14-16H2,(H,27,28)/b24-22+. The number of aliphatic carboxylic acids is 1. The number of halogens is 2. The van der Waals surface area contributed by atoms with Crippen molar-refractivity contribution < 1.29 is 14.6 Å². The molecule has 3 aromatic carbocycles. The summed E-state index contributed by atoms with van der Waals surface area (Å²) >= 11 is 12.3. The number of carboxylic acid groups (broad SMARTS) is 1. The van der Waals surface area contributed by atoms with Crippen LogP contribution in [0.5, 0.6) is 5.75 Å². The van der Waals surface area contributed by atoms with Gasteiger partial charge in [0.05, 0.1) is 0 Å². The zero-order valence-corrected chi connectivity index (χ0v) is 17.2. The van der Waals surface area contributed by atoms with Crippen LogP contribution in [-0.2, 0) is 4.79 Å². The number of hydrogen-bond acceptors (Lipinski definition) is 2. The molecule has 0 aliphatic heterocycles. The van der Waals surface area contributed by atoms with E-state index in [9.17, 15) is 4.79 Å². The zero-order chi connectivity index (χ0) is 20.6. The minimum atomic E-state index is -1.01. The Bertz CT molecular complexity index is 979. The molecule has 0 aliphatic carbocycles. The molecular formula is C24H20Cl2O3. The highest BCUT2D eigenvalue weighted by Gasteiger charge is 2.14. The molecule has 0 saturated carbocycles. The molecule has 0 unspecified atom stereocenters. The molecule has 0 fully saturated rings. The fourth-order valence-electron chi connectivity index (χ4n) is 3.14. The average molecular weight is 427 g/mol. The van der Waals surface area contributed by atoms with Crippen molar-refractivity contribution in [2.75, 3.05) is 12.5 Å². The van der Waals surface area contributed by atoms with Gasteiger partial charge in [-0.15, -0.1) is 11.6 Å². The van der Waals surface area contributed by atoms with Gasteiger partial charge in [-0.1, -0.05) is 66.2 Å². The summed E-state index contributed by atoms with van der Waals surface area (Å²) in [6, 6.07) is 25.3. The summed E-state index contributed by atoms with van der Waals surface area (Å²) in [7, 11) is 0. The highest BCUT2D eigenvalue weighted by Crippen LogP contribution is 2.35. The Morgan fingerprint density at radius 1 is 0.828 bits per heavy atom. The van der Waals surface area contributed by atoms with Crippen LogP contribution in [-0.4, -0.2) is 23.6 Å². The van der Waals surface area contributed by atoms with E-state index in [4.69, 9.17) is 33.0 Å². The maximum absolute atomic E-state index is 10.7. The van der Waals surface area contributed by atoms with Crippen LogP contribution in [0.1, 0.15) is 23.1 Å². The van der Waals surface area contributed by atoms with Gasteiger partial charge in [-0.2, -0.15) is 0 Å². The van der Waals surface area contributed by atoms with Crippen LogP contribution < -0.4 is 4.74 Å². The maximum Gasteiger partial charge on any atom is 0.341 e. The predicted molar refractivity (Wildman–Crippen MR) is 119 cm³/mol. The molecule has 148 valence electrons. The fourth-order valence-corrected chi connectivity index (χ4v) is 3.46. The van der Waals surface area contributed by atoms with Gasteiger partial charge in [0.2, 0.25) is 0 Å². The number of carboxylic acids is 1. The Kier molecular flexibility index (Phi) is 7.34. The van der Waals surface area contributed by atoms with E-state index in [0.29, 0.717) is 23.1 Å². The van der Waals surface area contributed by atoms with Crippen molar-refractivity contribution >= 4 is 40.3 Å². The van der Waals surface area contributed by atoms with Gasteiger partial charge >= 0.3 is 5.97 Å². The minimum Gasteiger partial charge on any atom is -0.482 e. The number of rotatable bonds is 8. The van der Waals surface area contributed by atoms with E-state index in [1.165, 1.54) is 0 Å². The van der Waals surface area contributed by atoms with E-state index in [0.717, 1.165) is 27.8 Å². The lowest BCUT2D eigenvalue weighted by Gasteiger charge is -2.17. The summed E-state index contributed by atoms with van der Waals surface area (Å²) in [5, 5.41) is 9.46. The number of ether oxygens (including phenoxy) is 1. The SMILES string of the molecule is O=C(O)COc1ccc(/C(=C(\CCCl)c2ccccc2)c2ccc(Cl)cc2)cc1. The molecule has 0 amide bonds. The van der Waals surface area contributed by atoms with Gasteiger partial charge in [0, 0.05) is 10.9 Å². The normalized spacial score (nSPS) is 11.7. The van der Waals surface area contributed by atoms with Crippen LogP contribution in [0.15, 0.2) is 78.9 Å². The second-order valence-corrected chi connectivity index (χ2v) is 7.19. The Morgan fingerprint density at radius 3 is 1.97 bits per heavy atom. The number of alkyl halides is 1. The second-order valence-electron chi connectivity index (χ2n) is 6.37. The summed E-state index contributed by atoms with van der Waals surface area (Å²) in [6.07, 6.45) is 0.695. The van der Waals surface area contributed by atoms with Gasteiger partial charge in [0.25, 0.3) is 0 Å². The highest BCUT2D eigenvalue weighted by molar-refractivity contribution is 6.30. The van der Waals surface area contributed by atoms with E-state index in [-0.39, 0.29) is 6.61 Å². The largest absolute Gasteiger partial charge is 0.482 e. The van der Waals surface area contributed by atoms with Crippen LogP contribution in [0, 0.1) is 0 Å². The van der Waals surface area contributed by atoms with Gasteiger partial charge in [0.15, 0.2) is 6.61 Å². The van der Waals surface area contributed by atoms with Crippen molar-refractivity contribution in [1.29, 1.82) is 0 Å². The molecule has 29 heavy (non-hydrogen) atoms. The van der Waals surface area contributed by atoms with Gasteiger partial charge in [0.1, 0.15) is 5.75 Å². The Hall–Kier alpha value is -2.75. The van der Waals surface area contributed by atoms with Crippen LogP contribution in [0.4, 0.5) is 0 Å². The molecule has 0 heterocycles. The first-order chi connectivity index (χ1) is 14.1. The Morgan fingerprint density at radius 2 is 1.41 bits per heavy atom. The summed E-state index contributed by atoms with van der Waals surface area (Å²) < 4.78 is 5.26. The van der Waals surface area contributed by atoms with E-state index >= 15 is 0 Å². The second kappa shape index (κ2) is 10.1. The van der Waals surface area contributed by atoms with Crippen LogP contribution in [0.25, 0.3) is 11.1 Å². The molecule has 1 N–H and O–H groups in total. The minimum absolute atomic E-state index is 0.374. The number of benzene rings is 3. The molecule has 0 spiro atoms. The first kappa shape index (κ1) is 21.0. The average Bonchev–Trinajstić information content (AvgIpc) is 2.74. The molecular weight excluding hydrogens is 407 g/mol. The van der Waals surface area contributed by atoms with E-state index < -0.39 is 5.97 Å². The number of allylic oxidation sites excluding steroid dienone is 1. The van der Waals surface area contributed by atoms with E-state index in [1.807, 2.05) is 54.6 Å². The van der Waals surface area contributed by atoms with Crippen molar-refractivity contribution in [2.45, 2.75) is 6.42 Å². The van der Waals surface area contributed by atoms with Crippen molar-refractivity contribution in [1.82, 2.24) is 0 Å². The van der Waals surface area contributed by atoms with Crippen LogP contribution in [0.3, 0.4) is 0 Å². The molecule has 0 saturated heterocycles. The summed E-state index contributed by atoms with van der Waals surface area (Å²) in [5.74, 6) is -0.0179. The van der Waals surface area contributed by atoms with Gasteiger partial charge in [-0.3, -0.25) is 0 Å². The molecule has 3 nitrogen and oxygen atoms in total. The quantitative estimate of drug-likeness (QED) is 0.335. The molecule has 0 aromatic heterocycles. The summed E-state index contributed by atoms with van der Waals surface area (Å²) in [5.41, 5.74) is 5.29. The Labute approximate surface area is 180 Å². The first-order valence-electron chi connectivity index (χ1n) is 9.14. The van der Waals surface area contributed by atoms with Crippen molar-refractivity contribution in [2.24, 2.45) is 0 Å². The molecule has 0 bridgehead atoms. The molecule has 0 atom stereocenters. The lowest BCUT2D eigenvalue weighted by atomic mass is 9.88. The smallest absolute Gasteiger partial charge is 0.341 e. The third kappa shape index (κ3) is 5.63. The third-order valence-electron chi connectivity index (χ3n) is 4.41. The van der Waals surface area contributed by atoms with Crippen molar-refractivity contribution in [3.63, 3.8) is 0 Å². The van der Waals surface area contributed by atoms with Crippen LogP contribution in [0.2, 0.25) is 5.02 Å². The van der Waals surface area contributed by atoms with Gasteiger partial charge in [-0.25, -0.2) is 4.79 Å². The van der Waals surface area contributed by atoms with Crippen molar-refractivity contribution in [3.8, 4) is 5.75 Å². The van der Waals surface area contributed by atoms with Crippen LogP contribution >= 0.6 is 23.2 Å². The molecule has 3 aromatic rings. The topological polar surface area (TPSA) is 46.5 Å². The molecule has 5 heteroatoms. The third-order valence-corrected chi connectivity index (χ3v) is 4.85. The lowest BCUT2D eigenvalue weighted by molar-refractivity contribution is -0.139. The monoisotopic (exact) mass is 426 g/mol. The summed E-state index contributed by atoms with van der Waals surface area (Å²) in [6.45, 7) is -0.374. The van der Waals surface area contributed by atoms with Gasteiger partial charge in [-0.05, 0) is 58.5 Å². The van der Waals surface area contributed by atoms with Crippen molar-refractivity contribution in [3.05, 3.63) is 101 Å². The predicted octanol–water partition coefficient (Wildman–Crippen LogP) is 6.39. The number of hydrogen-bond donors (Lipinski definition) is 1. The molecule has 0 radical (unpaired) electrons. The van der Waals surface area contributed by atoms with E-state index in [2.05, 4.69) is 12.1 Å². The first-order valence-corrected chi connectivity index (χ1v) is 10.0. The Balaban J connectivity index is 2.12.